The zero-order valence-corrected chi connectivity index (χ0v) is 16.8. The fourth-order valence-electron chi connectivity index (χ4n) is 3.88. The topological polar surface area (TPSA) is 83.4 Å². The summed E-state index contributed by atoms with van der Waals surface area (Å²) >= 11 is 0. The lowest BCUT2D eigenvalue weighted by molar-refractivity contribution is -0.129. The Kier molecular flexibility index (Phi) is 5.52. The van der Waals surface area contributed by atoms with Crippen LogP contribution in [-0.2, 0) is 23.1 Å². The van der Waals surface area contributed by atoms with Crippen molar-refractivity contribution in [1.29, 1.82) is 0 Å². The molecule has 1 saturated heterocycles. The van der Waals surface area contributed by atoms with Crippen LogP contribution in [0.1, 0.15) is 22.3 Å². The van der Waals surface area contributed by atoms with Gasteiger partial charge in [0, 0.05) is 43.7 Å². The Hall–Kier alpha value is -3.61. The molecule has 7 nitrogen and oxygen atoms in total. The molecule has 7 heteroatoms. The van der Waals surface area contributed by atoms with Gasteiger partial charge in [-0.25, -0.2) is 0 Å². The van der Waals surface area contributed by atoms with Gasteiger partial charge in [-0.3, -0.25) is 25.2 Å². The average molecular weight is 404 g/mol. The van der Waals surface area contributed by atoms with Gasteiger partial charge < -0.3 is 9.47 Å². The van der Waals surface area contributed by atoms with E-state index >= 15 is 0 Å². The first kappa shape index (κ1) is 19.7. The third-order valence-corrected chi connectivity index (χ3v) is 5.54. The highest BCUT2D eigenvalue weighted by atomic mass is 16.2. The minimum atomic E-state index is -0.471. The Morgan fingerprint density at radius 3 is 2.57 bits per heavy atom. The normalized spacial score (nSPS) is 16.1. The molecule has 3 aromatic rings. The van der Waals surface area contributed by atoms with Gasteiger partial charge in [-0.15, -0.1) is 0 Å². The second-order valence-corrected chi connectivity index (χ2v) is 7.59. The molecule has 2 N–H and O–H groups in total. The highest BCUT2D eigenvalue weighted by Crippen LogP contribution is 2.20. The second-order valence-electron chi connectivity index (χ2n) is 7.59. The third-order valence-electron chi connectivity index (χ3n) is 5.54. The maximum absolute atomic E-state index is 12.6. The molecule has 1 aliphatic heterocycles. The van der Waals surface area contributed by atoms with E-state index < -0.39 is 5.92 Å². The molecular formula is C23H24N4O3. The van der Waals surface area contributed by atoms with Crippen molar-refractivity contribution < 1.29 is 14.4 Å². The number of fused-ring (bicyclic) bond motifs is 1. The Balaban J connectivity index is 1.32. The number of carbonyl (C=O) groups excluding carboxylic acids is 3. The number of carbonyl (C=O) groups is 3. The molecule has 3 amide bonds. The van der Waals surface area contributed by atoms with Gasteiger partial charge in [-0.1, -0.05) is 48.5 Å². The van der Waals surface area contributed by atoms with Crippen LogP contribution in [0.3, 0.4) is 0 Å². The van der Waals surface area contributed by atoms with Crippen LogP contribution in [0, 0.1) is 5.92 Å². The van der Waals surface area contributed by atoms with Gasteiger partial charge >= 0.3 is 0 Å². The molecule has 0 saturated carbocycles. The van der Waals surface area contributed by atoms with Gasteiger partial charge in [0.2, 0.25) is 11.8 Å². The van der Waals surface area contributed by atoms with Crippen LogP contribution in [0.4, 0.5) is 0 Å². The molecule has 1 aromatic heterocycles. The summed E-state index contributed by atoms with van der Waals surface area (Å²) in [4.78, 5) is 39.1. The Labute approximate surface area is 174 Å². The fourth-order valence-corrected chi connectivity index (χ4v) is 3.88. The summed E-state index contributed by atoms with van der Waals surface area (Å²) < 4.78 is 1.87. The predicted octanol–water partition coefficient (Wildman–Crippen LogP) is 2.03. The molecule has 0 spiro atoms. The second kappa shape index (κ2) is 8.41. The van der Waals surface area contributed by atoms with E-state index in [0.29, 0.717) is 18.7 Å². The average Bonchev–Trinajstić information content (AvgIpc) is 3.31. The number of amides is 3. The number of nitrogens with zero attached hydrogens (tertiary/aromatic N) is 2. The summed E-state index contributed by atoms with van der Waals surface area (Å²) in [5, 5.41) is 0.815. The molecule has 2 heterocycles. The summed E-state index contributed by atoms with van der Waals surface area (Å²) in [6.45, 7) is 0.941. The largest absolute Gasteiger partial charge is 0.350 e. The van der Waals surface area contributed by atoms with Crippen LogP contribution >= 0.6 is 0 Å². The lowest BCUT2D eigenvalue weighted by Crippen LogP contribution is -2.45. The van der Waals surface area contributed by atoms with Gasteiger partial charge in [0.1, 0.15) is 0 Å². The number of para-hydroxylation sites is 1. The number of likely N-dealkylation sites (tertiary alicyclic amines) is 1. The first-order valence-electron chi connectivity index (χ1n) is 9.99. The van der Waals surface area contributed by atoms with Crippen molar-refractivity contribution in [3.8, 4) is 0 Å². The zero-order chi connectivity index (χ0) is 21.1. The van der Waals surface area contributed by atoms with E-state index in [1.54, 1.807) is 11.1 Å². The van der Waals surface area contributed by atoms with E-state index in [0.717, 1.165) is 22.9 Å². The van der Waals surface area contributed by atoms with Crippen molar-refractivity contribution in [2.24, 2.45) is 13.0 Å². The smallest absolute Gasteiger partial charge is 0.271 e. The Morgan fingerprint density at radius 2 is 1.77 bits per heavy atom. The van der Waals surface area contributed by atoms with Crippen LogP contribution in [-0.4, -0.2) is 40.3 Å². The fraction of sp³-hybridized carbons (Fsp3) is 0.261. The maximum atomic E-state index is 12.6. The minimum Gasteiger partial charge on any atom is -0.350 e. The highest BCUT2D eigenvalue weighted by molar-refractivity contribution is 6.07. The van der Waals surface area contributed by atoms with Crippen LogP contribution in [0.5, 0.6) is 0 Å². The van der Waals surface area contributed by atoms with Gasteiger partial charge in [-0.05, 0) is 18.1 Å². The number of hydrogen-bond donors (Lipinski definition) is 2. The molecule has 2 aromatic carbocycles. The summed E-state index contributed by atoms with van der Waals surface area (Å²) in [6, 6.07) is 17.5. The molecule has 0 aliphatic carbocycles. The first-order chi connectivity index (χ1) is 14.5. The SMILES string of the molecule is Cn1cc(C(=O)NNC(=O)C2CC(=O)N(CCc3ccccc3)C2)c2ccccc21. The van der Waals surface area contributed by atoms with Gasteiger partial charge in [0.25, 0.3) is 5.91 Å². The Bertz CT molecular complexity index is 1090. The highest BCUT2D eigenvalue weighted by Gasteiger charge is 2.34. The van der Waals surface area contributed by atoms with E-state index in [-0.39, 0.29) is 24.1 Å². The predicted molar refractivity (Wildman–Crippen MR) is 113 cm³/mol. The molecule has 0 radical (unpaired) electrons. The van der Waals surface area contributed by atoms with E-state index in [2.05, 4.69) is 10.9 Å². The lowest BCUT2D eigenvalue weighted by atomic mass is 10.1. The van der Waals surface area contributed by atoms with Crippen LogP contribution < -0.4 is 10.9 Å². The molecule has 4 rings (SSSR count). The molecular weight excluding hydrogens is 380 g/mol. The molecule has 1 fully saturated rings. The summed E-state index contributed by atoms with van der Waals surface area (Å²) in [6.07, 6.45) is 2.64. The van der Waals surface area contributed by atoms with Crippen LogP contribution in [0.15, 0.2) is 60.8 Å². The van der Waals surface area contributed by atoms with Crippen LogP contribution in [0.25, 0.3) is 10.9 Å². The maximum Gasteiger partial charge on any atom is 0.271 e. The molecule has 1 aliphatic rings. The number of aromatic nitrogens is 1. The Morgan fingerprint density at radius 1 is 1.03 bits per heavy atom. The van der Waals surface area contributed by atoms with Gasteiger partial charge in [-0.2, -0.15) is 0 Å². The van der Waals surface area contributed by atoms with Crippen molar-refractivity contribution in [3.63, 3.8) is 0 Å². The van der Waals surface area contributed by atoms with Crippen molar-refractivity contribution in [3.05, 3.63) is 71.9 Å². The van der Waals surface area contributed by atoms with E-state index in [1.807, 2.05) is 66.2 Å². The summed E-state index contributed by atoms with van der Waals surface area (Å²) in [5.74, 6) is -1.24. The number of aryl methyl sites for hydroxylation is 1. The summed E-state index contributed by atoms with van der Waals surface area (Å²) in [5.41, 5.74) is 7.55. The number of nitrogens with one attached hydrogen (secondary N) is 2. The standard InChI is InChI=1S/C23H24N4O3/c1-26-15-19(18-9-5-6-10-20(18)26)23(30)25-24-22(29)17-13-21(28)27(14-17)12-11-16-7-3-2-4-8-16/h2-10,15,17H,11-14H2,1H3,(H,24,29)(H,25,30). The zero-order valence-electron chi connectivity index (χ0n) is 16.8. The monoisotopic (exact) mass is 404 g/mol. The van der Waals surface area contributed by atoms with E-state index in [4.69, 9.17) is 0 Å². The molecule has 0 bridgehead atoms. The summed E-state index contributed by atoms with van der Waals surface area (Å²) in [7, 11) is 1.87. The third kappa shape index (κ3) is 4.05. The van der Waals surface area contributed by atoms with E-state index in [1.165, 1.54) is 0 Å². The number of hydrazine groups is 1. The molecule has 30 heavy (non-hydrogen) atoms. The lowest BCUT2D eigenvalue weighted by Gasteiger charge is -2.16. The number of rotatable bonds is 5. The quantitative estimate of drug-likeness (QED) is 0.639. The number of benzene rings is 2. The van der Waals surface area contributed by atoms with Crippen molar-refractivity contribution >= 4 is 28.6 Å². The van der Waals surface area contributed by atoms with Crippen LogP contribution in [0.2, 0.25) is 0 Å². The molecule has 1 unspecified atom stereocenters. The molecule has 154 valence electrons. The van der Waals surface area contributed by atoms with E-state index in [9.17, 15) is 14.4 Å². The van der Waals surface area contributed by atoms with Crippen molar-refractivity contribution in [2.45, 2.75) is 12.8 Å². The molecule has 1 atom stereocenters. The number of hydrogen-bond acceptors (Lipinski definition) is 3. The van der Waals surface area contributed by atoms with Crippen molar-refractivity contribution in [2.75, 3.05) is 13.1 Å². The van der Waals surface area contributed by atoms with Crippen molar-refractivity contribution in [1.82, 2.24) is 20.3 Å². The minimum absolute atomic E-state index is 0.0357. The first-order valence-corrected chi connectivity index (χ1v) is 9.99. The van der Waals surface area contributed by atoms with Gasteiger partial charge in [0.05, 0.1) is 11.5 Å². The van der Waals surface area contributed by atoms with Gasteiger partial charge in [0.15, 0.2) is 0 Å².